The van der Waals surface area contributed by atoms with E-state index >= 15 is 0 Å². The summed E-state index contributed by atoms with van der Waals surface area (Å²) in [6.45, 7) is 0.254. The van der Waals surface area contributed by atoms with Crippen molar-refractivity contribution in [3.8, 4) is 0 Å². The fourth-order valence-corrected chi connectivity index (χ4v) is 3.39. The normalized spacial score (nSPS) is 11.1. The Balaban J connectivity index is 1.66. The van der Waals surface area contributed by atoms with E-state index in [9.17, 15) is 22.0 Å². The molecule has 2 aromatic carbocycles. The minimum Gasteiger partial charge on any atom is -0.346 e. The van der Waals surface area contributed by atoms with Gasteiger partial charge < -0.3 is 5.32 Å². The molecule has 2 N–H and O–H groups in total. The number of nitrogens with zero attached hydrogens (tertiary/aromatic N) is 1. The summed E-state index contributed by atoms with van der Waals surface area (Å²) in [6, 6.07) is 13.3. The molecule has 6 nitrogen and oxygen atoms in total. The summed E-state index contributed by atoms with van der Waals surface area (Å²) >= 11 is 0. The predicted molar refractivity (Wildman–Crippen MR) is 99.0 cm³/mol. The van der Waals surface area contributed by atoms with Crippen molar-refractivity contribution in [2.24, 2.45) is 0 Å². The number of carbonyl (C=O) groups is 1. The lowest BCUT2D eigenvalue weighted by Gasteiger charge is -2.09. The van der Waals surface area contributed by atoms with Gasteiger partial charge in [-0.15, -0.1) is 0 Å². The van der Waals surface area contributed by atoms with Crippen molar-refractivity contribution in [1.29, 1.82) is 0 Å². The quantitative estimate of drug-likeness (QED) is 0.662. The van der Waals surface area contributed by atoms with Crippen LogP contribution in [0.15, 0.2) is 71.8 Å². The molecule has 0 radical (unpaired) electrons. The van der Waals surface area contributed by atoms with Crippen molar-refractivity contribution in [1.82, 2.24) is 10.3 Å². The van der Waals surface area contributed by atoms with Crippen LogP contribution in [0.3, 0.4) is 0 Å². The van der Waals surface area contributed by atoms with Gasteiger partial charge in [0.2, 0.25) is 0 Å². The fraction of sp³-hybridized carbons (Fsp3) is 0.0526. The lowest BCUT2D eigenvalue weighted by molar-refractivity contribution is 0.0950. The van der Waals surface area contributed by atoms with Crippen molar-refractivity contribution >= 4 is 21.6 Å². The van der Waals surface area contributed by atoms with Gasteiger partial charge in [0.25, 0.3) is 15.9 Å². The highest BCUT2D eigenvalue weighted by Gasteiger charge is 2.17. The first-order chi connectivity index (χ1) is 13.3. The van der Waals surface area contributed by atoms with Crippen molar-refractivity contribution in [2.75, 3.05) is 4.72 Å². The summed E-state index contributed by atoms with van der Waals surface area (Å²) in [6.07, 6.45) is 1.62. The van der Waals surface area contributed by atoms with E-state index in [2.05, 4.69) is 15.0 Å². The van der Waals surface area contributed by atoms with E-state index in [0.29, 0.717) is 17.3 Å². The lowest BCUT2D eigenvalue weighted by Crippen LogP contribution is -2.23. The maximum absolute atomic E-state index is 13.3. The van der Waals surface area contributed by atoms with Gasteiger partial charge in [-0.2, -0.15) is 0 Å². The molecule has 0 spiro atoms. The van der Waals surface area contributed by atoms with Crippen molar-refractivity contribution < 1.29 is 22.0 Å². The van der Waals surface area contributed by atoms with Gasteiger partial charge in [-0.1, -0.05) is 6.07 Å². The third-order valence-electron chi connectivity index (χ3n) is 3.76. The molecule has 3 aromatic rings. The fourth-order valence-electron chi connectivity index (χ4n) is 2.32. The molecule has 28 heavy (non-hydrogen) atoms. The zero-order valence-electron chi connectivity index (χ0n) is 14.4. The largest absolute Gasteiger partial charge is 0.346 e. The molecule has 9 heteroatoms. The first-order valence-electron chi connectivity index (χ1n) is 8.11. The zero-order valence-corrected chi connectivity index (χ0v) is 15.2. The van der Waals surface area contributed by atoms with E-state index in [0.717, 1.165) is 12.1 Å². The Hall–Kier alpha value is -3.33. The van der Waals surface area contributed by atoms with E-state index in [4.69, 9.17) is 0 Å². The van der Waals surface area contributed by atoms with Crippen molar-refractivity contribution in [2.45, 2.75) is 11.4 Å². The second-order valence-electron chi connectivity index (χ2n) is 5.76. The summed E-state index contributed by atoms with van der Waals surface area (Å²) < 4.78 is 53.0. The molecule has 0 atom stereocenters. The summed E-state index contributed by atoms with van der Waals surface area (Å²) in [4.78, 5) is 15.8. The molecule has 1 aromatic heterocycles. The average Bonchev–Trinajstić information content (AvgIpc) is 2.69. The first kappa shape index (κ1) is 19.4. The molecule has 144 valence electrons. The highest BCUT2D eigenvalue weighted by molar-refractivity contribution is 7.92. The topological polar surface area (TPSA) is 88.2 Å². The van der Waals surface area contributed by atoms with Crippen molar-refractivity contribution in [3.05, 3.63) is 89.8 Å². The second-order valence-corrected chi connectivity index (χ2v) is 7.44. The molecule has 1 heterocycles. The number of amides is 1. The first-order valence-corrected chi connectivity index (χ1v) is 9.59. The molecule has 0 bridgehead atoms. The third-order valence-corrected chi connectivity index (χ3v) is 5.14. The zero-order chi connectivity index (χ0) is 20.1. The van der Waals surface area contributed by atoms with Gasteiger partial charge in [-0.05, 0) is 54.6 Å². The van der Waals surface area contributed by atoms with Crippen LogP contribution in [-0.2, 0) is 16.6 Å². The Bertz CT molecular complexity index is 1090. The molecular weight excluding hydrogens is 388 g/mol. The Morgan fingerprint density at radius 1 is 0.964 bits per heavy atom. The van der Waals surface area contributed by atoms with E-state index in [-0.39, 0.29) is 18.1 Å². The van der Waals surface area contributed by atoms with Crippen molar-refractivity contribution in [3.63, 3.8) is 0 Å². The van der Waals surface area contributed by atoms with Gasteiger partial charge in [0.1, 0.15) is 0 Å². The molecule has 0 saturated heterocycles. The number of benzene rings is 2. The van der Waals surface area contributed by atoms with E-state index in [1.165, 1.54) is 24.3 Å². The Labute approximate surface area is 160 Å². The van der Waals surface area contributed by atoms with Gasteiger partial charge in [0.15, 0.2) is 11.6 Å². The Morgan fingerprint density at radius 2 is 1.71 bits per heavy atom. The standard InChI is InChI=1S/C19H15F2N3O3S/c20-17-9-8-16(11-18(17)21)28(26,27)24-14-6-4-13(5-7-14)19(25)23-12-15-3-1-2-10-22-15/h1-11,24H,12H2,(H,23,25). The predicted octanol–water partition coefficient (Wildman–Crippen LogP) is 3.09. The number of hydrogen-bond acceptors (Lipinski definition) is 4. The molecule has 0 aliphatic heterocycles. The monoisotopic (exact) mass is 403 g/mol. The van der Waals surface area contributed by atoms with Crippen LogP contribution in [0.5, 0.6) is 0 Å². The maximum atomic E-state index is 13.3. The van der Waals surface area contributed by atoms with Gasteiger partial charge in [-0.25, -0.2) is 17.2 Å². The van der Waals surface area contributed by atoms with Crippen LogP contribution in [0.4, 0.5) is 14.5 Å². The molecule has 0 aliphatic rings. The minimum absolute atomic E-state index is 0.172. The number of carbonyl (C=O) groups excluding carboxylic acids is 1. The molecule has 3 rings (SSSR count). The average molecular weight is 403 g/mol. The number of halogens is 2. The lowest BCUT2D eigenvalue weighted by atomic mass is 10.2. The smallest absolute Gasteiger partial charge is 0.261 e. The molecule has 0 fully saturated rings. The van der Waals surface area contributed by atoms with E-state index < -0.39 is 26.6 Å². The van der Waals surface area contributed by atoms with Crippen LogP contribution in [0.2, 0.25) is 0 Å². The number of aromatic nitrogens is 1. The number of nitrogens with one attached hydrogen (secondary N) is 2. The van der Waals surface area contributed by atoms with Gasteiger partial charge in [0.05, 0.1) is 17.1 Å². The second kappa shape index (κ2) is 8.13. The van der Waals surface area contributed by atoms with Gasteiger partial charge in [0, 0.05) is 17.4 Å². The summed E-state index contributed by atoms with van der Waals surface area (Å²) in [5.74, 6) is -2.75. The van der Waals surface area contributed by atoms with E-state index in [1.54, 1.807) is 18.3 Å². The SMILES string of the molecule is O=C(NCc1ccccn1)c1ccc(NS(=O)(=O)c2ccc(F)c(F)c2)cc1. The number of anilines is 1. The highest BCUT2D eigenvalue weighted by Crippen LogP contribution is 2.18. The number of pyridine rings is 1. The van der Waals surface area contributed by atoms with E-state index in [1.807, 2.05) is 6.07 Å². The molecule has 0 saturated carbocycles. The Morgan fingerprint density at radius 3 is 2.36 bits per heavy atom. The number of hydrogen-bond donors (Lipinski definition) is 2. The maximum Gasteiger partial charge on any atom is 0.261 e. The summed E-state index contributed by atoms with van der Waals surface area (Å²) in [5.41, 5.74) is 1.20. The molecule has 0 aliphatic carbocycles. The van der Waals surface area contributed by atoms with Gasteiger partial charge in [-0.3, -0.25) is 14.5 Å². The van der Waals surface area contributed by atoms with Gasteiger partial charge >= 0.3 is 0 Å². The third kappa shape index (κ3) is 4.68. The number of rotatable bonds is 6. The van der Waals surface area contributed by atoms with Crippen LogP contribution in [-0.4, -0.2) is 19.3 Å². The highest BCUT2D eigenvalue weighted by atomic mass is 32.2. The molecular formula is C19H15F2N3O3S. The van der Waals surface area contributed by atoms with Crippen LogP contribution in [0.25, 0.3) is 0 Å². The molecule has 1 amide bonds. The minimum atomic E-state index is -4.10. The summed E-state index contributed by atoms with van der Waals surface area (Å²) in [7, 11) is -4.10. The van der Waals surface area contributed by atoms with Crippen LogP contribution < -0.4 is 10.0 Å². The summed E-state index contributed by atoms with van der Waals surface area (Å²) in [5, 5.41) is 2.70. The van der Waals surface area contributed by atoms with Crippen LogP contribution in [0.1, 0.15) is 16.1 Å². The molecule has 0 unspecified atom stereocenters. The number of sulfonamides is 1. The Kier molecular flexibility index (Phi) is 5.65. The van der Waals surface area contributed by atoms with Crippen LogP contribution >= 0.6 is 0 Å². The van der Waals surface area contributed by atoms with Crippen LogP contribution in [0, 0.1) is 11.6 Å².